The maximum absolute atomic E-state index is 10.8. The fourth-order valence-corrected chi connectivity index (χ4v) is 4.69. The van der Waals surface area contributed by atoms with Crippen LogP contribution in [-0.2, 0) is 6.42 Å². The zero-order valence-electron chi connectivity index (χ0n) is 16.0. The van der Waals surface area contributed by atoms with Gasteiger partial charge in [0.05, 0.1) is 25.3 Å². The molecule has 1 aliphatic carbocycles. The predicted octanol–water partition coefficient (Wildman–Crippen LogP) is 2.59. The van der Waals surface area contributed by atoms with Crippen molar-refractivity contribution < 1.29 is 19.7 Å². The number of hydrogen-bond acceptors (Lipinski definition) is 7. The quantitative estimate of drug-likeness (QED) is 0.824. The van der Waals surface area contributed by atoms with Crippen molar-refractivity contribution in [3.05, 3.63) is 23.3 Å². The third kappa shape index (κ3) is 2.68. The standard InChI is InChI=1S/C21H25N3O4/c1-12-18(14-6-7-17-13(19(14)26)8-10-27-17)22-23-21-20(12)28-11-9-24(21)15-4-2-3-5-16(15)25/h6-7,15-16,25-26H,2-5,8-11H2,1H3/t15-,16-/m1/s1. The van der Waals surface area contributed by atoms with E-state index in [9.17, 15) is 10.2 Å². The molecule has 3 heterocycles. The van der Waals surface area contributed by atoms with Crippen LogP contribution in [0.4, 0.5) is 5.82 Å². The van der Waals surface area contributed by atoms with Gasteiger partial charge in [0, 0.05) is 23.1 Å². The number of aliphatic hydroxyl groups excluding tert-OH is 1. The molecule has 1 aromatic carbocycles. The average molecular weight is 383 g/mol. The lowest BCUT2D eigenvalue weighted by Gasteiger charge is -2.41. The smallest absolute Gasteiger partial charge is 0.194 e. The molecule has 0 amide bonds. The van der Waals surface area contributed by atoms with Gasteiger partial charge in [-0.25, -0.2) is 0 Å². The Bertz CT molecular complexity index is 917. The number of benzene rings is 1. The topological polar surface area (TPSA) is 87.9 Å². The van der Waals surface area contributed by atoms with E-state index in [0.29, 0.717) is 49.0 Å². The number of aromatic hydroxyl groups is 1. The molecule has 3 aliphatic rings. The molecule has 7 nitrogen and oxygen atoms in total. The Kier molecular flexibility index (Phi) is 4.27. The molecular formula is C21H25N3O4. The summed E-state index contributed by atoms with van der Waals surface area (Å²) in [5.41, 5.74) is 2.95. The van der Waals surface area contributed by atoms with Crippen LogP contribution < -0.4 is 14.4 Å². The van der Waals surface area contributed by atoms with Crippen molar-refractivity contribution in [1.29, 1.82) is 0 Å². The molecule has 5 rings (SSSR count). The lowest BCUT2D eigenvalue weighted by molar-refractivity contribution is 0.0995. The summed E-state index contributed by atoms with van der Waals surface area (Å²) < 4.78 is 11.5. The van der Waals surface area contributed by atoms with E-state index in [1.807, 2.05) is 19.1 Å². The zero-order valence-corrected chi connectivity index (χ0v) is 16.0. The van der Waals surface area contributed by atoms with E-state index in [1.54, 1.807) is 0 Å². The van der Waals surface area contributed by atoms with Crippen LogP contribution in [0.3, 0.4) is 0 Å². The van der Waals surface area contributed by atoms with E-state index in [-0.39, 0.29) is 17.9 Å². The fourth-order valence-electron chi connectivity index (χ4n) is 4.69. The van der Waals surface area contributed by atoms with E-state index in [2.05, 4.69) is 15.1 Å². The summed E-state index contributed by atoms with van der Waals surface area (Å²) in [6.07, 6.45) is 4.31. The lowest BCUT2D eigenvalue weighted by Crippen LogP contribution is -2.49. The number of phenolic OH excluding ortho intramolecular Hbond substituents is 1. The first-order valence-electron chi connectivity index (χ1n) is 10.1. The number of phenols is 1. The van der Waals surface area contributed by atoms with Gasteiger partial charge in [-0.2, -0.15) is 0 Å². The van der Waals surface area contributed by atoms with Gasteiger partial charge in [-0.3, -0.25) is 0 Å². The number of ether oxygens (including phenoxy) is 2. The third-order valence-corrected chi connectivity index (χ3v) is 6.19. The first kappa shape index (κ1) is 17.6. The summed E-state index contributed by atoms with van der Waals surface area (Å²) >= 11 is 0. The summed E-state index contributed by atoms with van der Waals surface area (Å²) in [4.78, 5) is 2.16. The Morgan fingerprint density at radius 3 is 2.82 bits per heavy atom. The Balaban J connectivity index is 1.56. The number of anilines is 1. The van der Waals surface area contributed by atoms with Crippen LogP contribution in [-0.4, -0.2) is 52.3 Å². The molecule has 1 saturated carbocycles. The molecule has 0 bridgehead atoms. The summed E-state index contributed by atoms with van der Waals surface area (Å²) in [7, 11) is 0. The number of aromatic nitrogens is 2. The van der Waals surface area contributed by atoms with Gasteiger partial charge in [-0.05, 0) is 31.9 Å². The number of nitrogens with zero attached hydrogens (tertiary/aromatic N) is 3. The normalized spacial score (nSPS) is 23.6. The first-order chi connectivity index (χ1) is 13.6. The zero-order chi connectivity index (χ0) is 19.3. The Labute approximate surface area is 163 Å². The van der Waals surface area contributed by atoms with Gasteiger partial charge in [0.2, 0.25) is 0 Å². The largest absolute Gasteiger partial charge is 0.507 e. The van der Waals surface area contributed by atoms with Crippen molar-refractivity contribution in [3.63, 3.8) is 0 Å². The number of fused-ring (bicyclic) bond motifs is 2. The Hall–Kier alpha value is -2.54. The molecule has 2 aliphatic heterocycles. The number of rotatable bonds is 2. The highest BCUT2D eigenvalue weighted by atomic mass is 16.5. The SMILES string of the molecule is Cc1c(-c2ccc3c(c2O)CCO3)nnc2c1OCCN2[C@@H]1CCCC[C@H]1O. The maximum Gasteiger partial charge on any atom is 0.194 e. The van der Waals surface area contributed by atoms with Crippen molar-refractivity contribution in [2.24, 2.45) is 0 Å². The van der Waals surface area contributed by atoms with Gasteiger partial charge in [-0.15, -0.1) is 10.2 Å². The van der Waals surface area contributed by atoms with E-state index in [0.717, 1.165) is 42.6 Å². The molecule has 0 radical (unpaired) electrons. The molecule has 0 unspecified atom stereocenters. The van der Waals surface area contributed by atoms with Crippen LogP contribution in [0.25, 0.3) is 11.3 Å². The maximum atomic E-state index is 10.8. The van der Waals surface area contributed by atoms with Gasteiger partial charge >= 0.3 is 0 Å². The first-order valence-corrected chi connectivity index (χ1v) is 10.1. The van der Waals surface area contributed by atoms with Gasteiger partial charge in [0.25, 0.3) is 0 Å². The Morgan fingerprint density at radius 2 is 1.96 bits per heavy atom. The van der Waals surface area contributed by atoms with Crippen molar-refractivity contribution in [2.45, 2.75) is 51.2 Å². The second-order valence-electron chi connectivity index (χ2n) is 7.82. The molecule has 7 heteroatoms. The lowest BCUT2D eigenvalue weighted by atomic mass is 9.91. The van der Waals surface area contributed by atoms with Crippen molar-refractivity contribution >= 4 is 5.82 Å². The molecule has 28 heavy (non-hydrogen) atoms. The van der Waals surface area contributed by atoms with E-state index in [1.165, 1.54) is 0 Å². The molecule has 0 saturated heterocycles. The number of aliphatic hydroxyl groups is 1. The van der Waals surface area contributed by atoms with Crippen molar-refractivity contribution in [3.8, 4) is 28.5 Å². The monoisotopic (exact) mass is 383 g/mol. The minimum Gasteiger partial charge on any atom is -0.507 e. The van der Waals surface area contributed by atoms with Crippen molar-refractivity contribution in [1.82, 2.24) is 10.2 Å². The highest BCUT2D eigenvalue weighted by Gasteiger charge is 2.35. The van der Waals surface area contributed by atoms with Crippen LogP contribution in [0.5, 0.6) is 17.2 Å². The Morgan fingerprint density at radius 1 is 1.11 bits per heavy atom. The molecule has 2 N–H and O–H groups in total. The van der Waals surface area contributed by atoms with E-state index >= 15 is 0 Å². The molecule has 0 spiro atoms. The van der Waals surface area contributed by atoms with Crippen LogP contribution in [0.2, 0.25) is 0 Å². The van der Waals surface area contributed by atoms with Crippen LogP contribution in [0, 0.1) is 6.92 Å². The molecule has 1 aromatic heterocycles. The predicted molar refractivity (Wildman–Crippen MR) is 104 cm³/mol. The molecule has 2 aromatic rings. The van der Waals surface area contributed by atoms with Gasteiger partial charge < -0.3 is 24.6 Å². The second kappa shape index (κ2) is 6.81. The summed E-state index contributed by atoms with van der Waals surface area (Å²) in [6, 6.07) is 3.76. The average Bonchev–Trinajstić information content (AvgIpc) is 3.19. The van der Waals surface area contributed by atoms with Crippen molar-refractivity contribution in [2.75, 3.05) is 24.7 Å². The highest BCUT2D eigenvalue weighted by molar-refractivity contribution is 5.77. The summed E-state index contributed by atoms with van der Waals surface area (Å²) in [5, 5.41) is 30.2. The van der Waals surface area contributed by atoms with Crippen LogP contribution in [0.15, 0.2) is 12.1 Å². The minimum atomic E-state index is -0.345. The fraction of sp³-hybridized carbons (Fsp3) is 0.524. The van der Waals surface area contributed by atoms with E-state index in [4.69, 9.17) is 9.47 Å². The minimum absolute atomic E-state index is 0.0569. The molecule has 148 valence electrons. The molecule has 1 fully saturated rings. The van der Waals surface area contributed by atoms with Crippen LogP contribution >= 0.6 is 0 Å². The van der Waals surface area contributed by atoms with Gasteiger partial charge in [0.1, 0.15) is 23.8 Å². The number of hydrogen-bond donors (Lipinski definition) is 2. The van der Waals surface area contributed by atoms with Gasteiger partial charge in [-0.1, -0.05) is 12.8 Å². The second-order valence-corrected chi connectivity index (χ2v) is 7.82. The highest BCUT2D eigenvalue weighted by Crippen LogP contribution is 2.44. The van der Waals surface area contributed by atoms with Gasteiger partial charge in [0.15, 0.2) is 11.6 Å². The molecular weight excluding hydrogens is 358 g/mol. The van der Waals surface area contributed by atoms with Crippen LogP contribution in [0.1, 0.15) is 36.8 Å². The summed E-state index contributed by atoms with van der Waals surface area (Å²) in [6.45, 7) is 3.78. The third-order valence-electron chi connectivity index (χ3n) is 6.19. The van der Waals surface area contributed by atoms with E-state index < -0.39 is 0 Å². The summed E-state index contributed by atoms with van der Waals surface area (Å²) in [5.74, 6) is 2.34. The molecule has 2 atom stereocenters.